The molecule has 4 rings (SSSR count). The van der Waals surface area contributed by atoms with Crippen LogP contribution in [0.25, 0.3) is 11.1 Å². The van der Waals surface area contributed by atoms with Gasteiger partial charge in [-0.2, -0.15) is 4.39 Å². The average Bonchev–Trinajstić information content (AvgIpc) is 3.53. The maximum atomic E-state index is 14.3. The third kappa shape index (κ3) is 6.09. The Morgan fingerprint density at radius 3 is 2.59 bits per heavy atom. The van der Waals surface area contributed by atoms with Crippen LogP contribution in [-0.4, -0.2) is 48.9 Å². The Morgan fingerprint density at radius 1 is 1.12 bits per heavy atom. The second-order valence-electron chi connectivity index (χ2n) is 9.42. The van der Waals surface area contributed by atoms with Crippen LogP contribution >= 0.6 is 11.6 Å². The SMILES string of the molecule is COCCNC1CCC(Nc2cc(-c3cnc(F)c(NCC4(C)CC4)c3)c(Cl)cn2)CC1. The number of hydrogen-bond donors (Lipinski definition) is 3. The van der Waals surface area contributed by atoms with Gasteiger partial charge in [-0.05, 0) is 56.1 Å². The molecule has 0 aromatic carbocycles. The Kier molecular flexibility index (Phi) is 7.48. The van der Waals surface area contributed by atoms with Crippen LogP contribution in [0.2, 0.25) is 5.02 Å². The second-order valence-corrected chi connectivity index (χ2v) is 9.82. The highest BCUT2D eigenvalue weighted by molar-refractivity contribution is 6.33. The Morgan fingerprint density at radius 2 is 1.88 bits per heavy atom. The van der Waals surface area contributed by atoms with E-state index >= 15 is 0 Å². The summed E-state index contributed by atoms with van der Waals surface area (Å²) in [6.07, 6.45) is 9.93. The van der Waals surface area contributed by atoms with Crippen LogP contribution in [0.1, 0.15) is 45.4 Å². The monoisotopic (exact) mass is 461 g/mol. The van der Waals surface area contributed by atoms with Crippen molar-refractivity contribution in [3.05, 3.63) is 35.5 Å². The third-order valence-electron chi connectivity index (χ3n) is 6.63. The lowest BCUT2D eigenvalue weighted by atomic mass is 9.91. The molecule has 0 saturated heterocycles. The van der Waals surface area contributed by atoms with Gasteiger partial charge in [0.15, 0.2) is 0 Å². The van der Waals surface area contributed by atoms with E-state index in [1.165, 1.54) is 19.0 Å². The van der Waals surface area contributed by atoms with Crippen molar-refractivity contribution in [1.29, 1.82) is 0 Å². The van der Waals surface area contributed by atoms with Gasteiger partial charge in [0.25, 0.3) is 0 Å². The highest BCUT2D eigenvalue weighted by Crippen LogP contribution is 2.45. The third-order valence-corrected chi connectivity index (χ3v) is 6.93. The van der Waals surface area contributed by atoms with Crippen LogP contribution in [0, 0.1) is 11.4 Å². The van der Waals surface area contributed by atoms with E-state index in [4.69, 9.17) is 16.3 Å². The van der Waals surface area contributed by atoms with E-state index < -0.39 is 5.95 Å². The predicted molar refractivity (Wildman–Crippen MR) is 128 cm³/mol. The normalized spacial score (nSPS) is 21.9. The molecule has 0 radical (unpaired) electrons. The van der Waals surface area contributed by atoms with Crippen molar-refractivity contribution in [2.75, 3.05) is 37.4 Å². The van der Waals surface area contributed by atoms with Crippen molar-refractivity contribution in [2.24, 2.45) is 5.41 Å². The van der Waals surface area contributed by atoms with Crippen molar-refractivity contribution in [1.82, 2.24) is 15.3 Å². The highest BCUT2D eigenvalue weighted by atomic mass is 35.5. The van der Waals surface area contributed by atoms with Crippen LogP contribution in [-0.2, 0) is 4.74 Å². The van der Waals surface area contributed by atoms with Crippen LogP contribution in [0.3, 0.4) is 0 Å². The topological polar surface area (TPSA) is 71.1 Å². The first-order chi connectivity index (χ1) is 15.5. The van der Waals surface area contributed by atoms with Gasteiger partial charge in [-0.3, -0.25) is 0 Å². The van der Waals surface area contributed by atoms with E-state index in [2.05, 4.69) is 32.8 Å². The molecule has 2 heterocycles. The van der Waals surface area contributed by atoms with Gasteiger partial charge in [-0.1, -0.05) is 18.5 Å². The molecule has 8 heteroatoms. The molecule has 0 amide bonds. The number of methoxy groups -OCH3 is 1. The summed E-state index contributed by atoms with van der Waals surface area (Å²) >= 11 is 6.45. The number of nitrogens with zero attached hydrogens (tertiary/aromatic N) is 2. The van der Waals surface area contributed by atoms with Gasteiger partial charge in [0.05, 0.1) is 17.3 Å². The van der Waals surface area contributed by atoms with E-state index in [0.717, 1.165) is 62.3 Å². The minimum absolute atomic E-state index is 0.270. The molecular formula is C24H33ClFN5O. The zero-order valence-corrected chi connectivity index (χ0v) is 19.6. The lowest BCUT2D eigenvalue weighted by Crippen LogP contribution is -2.38. The molecule has 32 heavy (non-hydrogen) atoms. The molecule has 0 atom stereocenters. The van der Waals surface area contributed by atoms with Gasteiger partial charge in [0, 0.05) is 55.8 Å². The smallest absolute Gasteiger partial charge is 0.236 e. The summed E-state index contributed by atoms with van der Waals surface area (Å²) in [7, 11) is 1.73. The van der Waals surface area contributed by atoms with Crippen LogP contribution in [0.15, 0.2) is 24.5 Å². The van der Waals surface area contributed by atoms with E-state index in [0.29, 0.717) is 22.8 Å². The molecule has 2 aliphatic carbocycles. The van der Waals surface area contributed by atoms with E-state index in [1.54, 1.807) is 19.4 Å². The standard InChI is InChI=1S/C24H33ClFN5O/c1-24(7-8-24)15-30-21-11-16(13-29-23(21)26)19-12-22(28-14-20(19)25)31-18-5-3-17(4-6-18)27-9-10-32-2/h11-14,17-18,27,30H,3-10,15H2,1-2H3,(H,28,31). The van der Waals surface area contributed by atoms with Gasteiger partial charge in [-0.25, -0.2) is 9.97 Å². The summed E-state index contributed by atoms with van der Waals surface area (Å²) in [5, 5.41) is 10.8. The van der Waals surface area contributed by atoms with E-state index in [-0.39, 0.29) is 5.41 Å². The van der Waals surface area contributed by atoms with Crippen molar-refractivity contribution in [2.45, 2.75) is 57.5 Å². The molecular weight excluding hydrogens is 429 g/mol. The highest BCUT2D eigenvalue weighted by Gasteiger charge is 2.37. The maximum Gasteiger partial charge on any atom is 0.236 e. The Balaban J connectivity index is 1.40. The van der Waals surface area contributed by atoms with Gasteiger partial charge >= 0.3 is 0 Å². The number of hydrogen-bond acceptors (Lipinski definition) is 6. The fourth-order valence-corrected chi connectivity index (χ4v) is 4.39. The molecule has 0 unspecified atom stereocenters. The van der Waals surface area contributed by atoms with Crippen LogP contribution in [0.5, 0.6) is 0 Å². The molecule has 174 valence electrons. The Hall–Kier alpha value is -1.96. The van der Waals surface area contributed by atoms with Gasteiger partial charge in [0.2, 0.25) is 5.95 Å². The summed E-state index contributed by atoms with van der Waals surface area (Å²) in [6.45, 7) is 4.58. The Labute approximate surface area is 194 Å². The van der Waals surface area contributed by atoms with Crippen LogP contribution in [0.4, 0.5) is 15.9 Å². The first-order valence-electron chi connectivity index (χ1n) is 11.5. The van der Waals surface area contributed by atoms with E-state index in [1.807, 2.05) is 6.07 Å². The fourth-order valence-electron chi connectivity index (χ4n) is 4.17. The van der Waals surface area contributed by atoms with Gasteiger partial charge in [-0.15, -0.1) is 0 Å². The fraction of sp³-hybridized carbons (Fsp3) is 0.583. The molecule has 6 nitrogen and oxygen atoms in total. The molecule has 0 bridgehead atoms. The summed E-state index contributed by atoms with van der Waals surface area (Å²) in [5.41, 5.74) is 2.26. The van der Waals surface area contributed by atoms with Crippen molar-refractivity contribution < 1.29 is 9.13 Å². The lowest BCUT2D eigenvalue weighted by Gasteiger charge is -2.30. The molecule has 2 fully saturated rings. The molecule has 2 aliphatic rings. The molecule has 3 N–H and O–H groups in total. The Bertz CT molecular complexity index is 915. The second kappa shape index (κ2) is 10.3. The molecule has 2 aromatic rings. The van der Waals surface area contributed by atoms with Gasteiger partial charge < -0.3 is 20.7 Å². The lowest BCUT2D eigenvalue weighted by molar-refractivity contribution is 0.191. The number of pyridine rings is 2. The maximum absolute atomic E-state index is 14.3. The molecule has 2 saturated carbocycles. The van der Waals surface area contributed by atoms with Crippen molar-refractivity contribution >= 4 is 23.1 Å². The largest absolute Gasteiger partial charge is 0.383 e. The zero-order valence-electron chi connectivity index (χ0n) is 18.9. The van der Waals surface area contributed by atoms with Crippen LogP contribution < -0.4 is 16.0 Å². The number of rotatable bonds is 10. The number of nitrogens with one attached hydrogen (secondary N) is 3. The molecule has 0 spiro atoms. The minimum Gasteiger partial charge on any atom is -0.383 e. The van der Waals surface area contributed by atoms with Crippen molar-refractivity contribution in [3.8, 4) is 11.1 Å². The summed E-state index contributed by atoms with van der Waals surface area (Å²) in [5.74, 6) is 0.293. The number of aromatic nitrogens is 2. The summed E-state index contributed by atoms with van der Waals surface area (Å²) in [6, 6.07) is 4.65. The number of ether oxygens (including phenoxy) is 1. The molecule has 2 aromatic heterocycles. The zero-order chi connectivity index (χ0) is 22.6. The van der Waals surface area contributed by atoms with Gasteiger partial charge in [0.1, 0.15) is 5.82 Å². The van der Waals surface area contributed by atoms with E-state index in [9.17, 15) is 4.39 Å². The van der Waals surface area contributed by atoms with Crippen molar-refractivity contribution in [3.63, 3.8) is 0 Å². The summed E-state index contributed by atoms with van der Waals surface area (Å²) < 4.78 is 19.4. The first kappa shape index (κ1) is 23.2. The average molecular weight is 462 g/mol. The quantitative estimate of drug-likeness (QED) is 0.337. The summed E-state index contributed by atoms with van der Waals surface area (Å²) in [4.78, 5) is 8.43. The number of halogens is 2. The number of anilines is 2. The minimum atomic E-state index is -0.489. The predicted octanol–water partition coefficient (Wildman–Crippen LogP) is 5.11. The first-order valence-corrected chi connectivity index (χ1v) is 11.9. The molecule has 0 aliphatic heterocycles.